The highest BCUT2D eigenvalue weighted by molar-refractivity contribution is 7.99. The molecule has 0 N–H and O–H groups in total. The first-order chi connectivity index (χ1) is 6.69. The predicted molar refractivity (Wildman–Crippen MR) is 52.8 cm³/mol. The summed E-state index contributed by atoms with van der Waals surface area (Å²) in [5.41, 5.74) is 0. The van der Waals surface area contributed by atoms with Gasteiger partial charge in [-0.3, -0.25) is 4.79 Å². The van der Waals surface area contributed by atoms with Crippen molar-refractivity contribution >= 4 is 23.5 Å². The Morgan fingerprint density at radius 1 is 1.43 bits per heavy atom. The van der Waals surface area contributed by atoms with Crippen molar-refractivity contribution < 1.29 is 18.7 Å². The standard InChI is InChI=1S/C9H10O4S/c1-12-9(11)8-4-3-7(13-8)6(10)5-14-2/h3-4H,5H2,1-2H3. The molecule has 4 nitrogen and oxygen atoms in total. The van der Waals surface area contributed by atoms with Gasteiger partial charge in [-0.2, -0.15) is 11.8 Å². The van der Waals surface area contributed by atoms with Crippen LogP contribution in [0, 0.1) is 0 Å². The van der Waals surface area contributed by atoms with Crippen LogP contribution in [-0.4, -0.2) is 30.9 Å². The smallest absolute Gasteiger partial charge is 0.373 e. The molecule has 1 aromatic heterocycles. The van der Waals surface area contributed by atoms with E-state index in [1.807, 2.05) is 6.26 Å². The number of ether oxygens (including phenoxy) is 1. The third kappa shape index (κ3) is 2.38. The summed E-state index contributed by atoms with van der Waals surface area (Å²) in [6.45, 7) is 0. The molecule has 0 aliphatic rings. The summed E-state index contributed by atoms with van der Waals surface area (Å²) < 4.78 is 9.45. The van der Waals surface area contributed by atoms with Crippen molar-refractivity contribution in [2.24, 2.45) is 0 Å². The van der Waals surface area contributed by atoms with E-state index >= 15 is 0 Å². The molecule has 1 rings (SSSR count). The normalized spacial score (nSPS) is 9.86. The Kier molecular flexibility index (Phi) is 3.76. The van der Waals surface area contributed by atoms with Crippen molar-refractivity contribution in [3.8, 4) is 0 Å². The van der Waals surface area contributed by atoms with Crippen LogP contribution < -0.4 is 0 Å². The van der Waals surface area contributed by atoms with Crippen LogP contribution >= 0.6 is 11.8 Å². The van der Waals surface area contributed by atoms with Gasteiger partial charge in [-0.25, -0.2) is 4.79 Å². The van der Waals surface area contributed by atoms with E-state index in [4.69, 9.17) is 4.42 Å². The van der Waals surface area contributed by atoms with Gasteiger partial charge in [-0.1, -0.05) is 0 Å². The maximum absolute atomic E-state index is 11.3. The highest BCUT2D eigenvalue weighted by atomic mass is 32.2. The first kappa shape index (κ1) is 10.8. The highest BCUT2D eigenvalue weighted by Gasteiger charge is 2.15. The average Bonchev–Trinajstić information content (AvgIpc) is 2.66. The van der Waals surface area contributed by atoms with Crippen LogP contribution in [0.25, 0.3) is 0 Å². The number of carbonyl (C=O) groups is 2. The summed E-state index contributed by atoms with van der Waals surface area (Å²) in [7, 11) is 1.26. The zero-order chi connectivity index (χ0) is 10.6. The van der Waals surface area contributed by atoms with Gasteiger partial charge in [0.2, 0.25) is 11.5 Å². The first-order valence-electron chi connectivity index (χ1n) is 3.89. The zero-order valence-corrected chi connectivity index (χ0v) is 8.72. The van der Waals surface area contributed by atoms with Crippen molar-refractivity contribution in [1.82, 2.24) is 0 Å². The van der Waals surface area contributed by atoms with Crippen LogP contribution in [0.5, 0.6) is 0 Å². The number of carbonyl (C=O) groups excluding carboxylic acids is 2. The molecule has 14 heavy (non-hydrogen) atoms. The molecule has 0 saturated heterocycles. The Balaban J connectivity index is 2.77. The minimum atomic E-state index is -0.576. The topological polar surface area (TPSA) is 56.5 Å². The van der Waals surface area contributed by atoms with Gasteiger partial charge >= 0.3 is 5.97 Å². The number of esters is 1. The number of hydrogen-bond donors (Lipinski definition) is 0. The molecular weight excluding hydrogens is 204 g/mol. The van der Waals surface area contributed by atoms with Gasteiger partial charge in [0.25, 0.3) is 0 Å². The molecule has 1 heterocycles. The third-order valence-corrected chi connectivity index (χ3v) is 2.09. The fourth-order valence-electron chi connectivity index (χ4n) is 0.900. The van der Waals surface area contributed by atoms with Crippen LogP contribution in [0.1, 0.15) is 21.1 Å². The number of ketones is 1. The third-order valence-electron chi connectivity index (χ3n) is 1.54. The summed E-state index contributed by atoms with van der Waals surface area (Å²) in [6, 6.07) is 2.91. The second-order valence-corrected chi connectivity index (χ2v) is 3.38. The summed E-state index contributed by atoms with van der Waals surface area (Å²) in [5.74, 6) is -0.119. The molecule has 0 atom stereocenters. The van der Waals surface area contributed by atoms with Crippen molar-refractivity contribution in [3.05, 3.63) is 23.7 Å². The SMILES string of the molecule is COC(=O)c1ccc(C(=O)CSC)o1. The van der Waals surface area contributed by atoms with Gasteiger partial charge in [0, 0.05) is 0 Å². The van der Waals surface area contributed by atoms with E-state index in [1.54, 1.807) is 0 Å². The molecule has 76 valence electrons. The Morgan fingerprint density at radius 3 is 2.64 bits per heavy atom. The van der Waals surface area contributed by atoms with Crippen LogP contribution in [0.15, 0.2) is 16.5 Å². The lowest BCUT2D eigenvalue weighted by molar-refractivity contribution is 0.0563. The van der Waals surface area contributed by atoms with E-state index in [1.165, 1.54) is 31.0 Å². The molecule has 0 aliphatic heterocycles. The van der Waals surface area contributed by atoms with Crippen LogP contribution in [0.3, 0.4) is 0 Å². The lowest BCUT2D eigenvalue weighted by Gasteiger charge is -1.94. The van der Waals surface area contributed by atoms with E-state index in [9.17, 15) is 9.59 Å². The minimum absolute atomic E-state index is 0.0527. The van der Waals surface area contributed by atoms with Gasteiger partial charge in [0.15, 0.2) is 5.76 Å². The lowest BCUT2D eigenvalue weighted by atomic mass is 10.3. The molecule has 0 saturated carbocycles. The quantitative estimate of drug-likeness (QED) is 0.563. The van der Waals surface area contributed by atoms with Gasteiger partial charge in [-0.05, 0) is 18.4 Å². The minimum Gasteiger partial charge on any atom is -0.463 e. The molecule has 0 bridgehead atoms. The number of Topliss-reactive ketones (excluding diaryl/α,β-unsaturated/α-hetero) is 1. The maximum Gasteiger partial charge on any atom is 0.373 e. The molecule has 0 spiro atoms. The zero-order valence-electron chi connectivity index (χ0n) is 7.90. The van der Waals surface area contributed by atoms with E-state index in [0.717, 1.165) is 0 Å². The summed E-state index contributed by atoms with van der Waals surface area (Å²) in [4.78, 5) is 22.3. The first-order valence-corrected chi connectivity index (χ1v) is 5.28. The van der Waals surface area contributed by atoms with Crippen molar-refractivity contribution in [2.45, 2.75) is 0 Å². The molecule has 0 unspecified atom stereocenters. The Morgan fingerprint density at radius 2 is 2.07 bits per heavy atom. The van der Waals surface area contributed by atoms with Gasteiger partial charge in [0.05, 0.1) is 12.9 Å². The van der Waals surface area contributed by atoms with Crippen LogP contribution in [0.4, 0.5) is 0 Å². The fourth-order valence-corrected chi connectivity index (χ4v) is 1.30. The second kappa shape index (κ2) is 4.85. The number of thioether (sulfide) groups is 1. The van der Waals surface area contributed by atoms with Crippen molar-refractivity contribution in [2.75, 3.05) is 19.1 Å². The van der Waals surface area contributed by atoms with E-state index in [-0.39, 0.29) is 17.3 Å². The number of methoxy groups -OCH3 is 1. The molecule has 0 fully saturated rings. The van der Waals surface area contributed by atoms with Crippen molar-refractivity contribution in [3.63, 3.8) is 0 Å². The Bertz CT molecular complexity index is 342. The number of furan rings is 1. The molecule has 5 heteroatoms. The largest absolute Gasteiger partial charge is 0.463 e. The van der Waals surface area contributed by atoms with Gasteiger partial charge in [-0.15, -0.1) is 0 Å². The number of rotatable bonds is 4. The Hall–Kier alpha value is -1.23. The van der Waals surface area contributed by atoms with E-state index in [2.05, 4.69) is 4.74 Å². The number of hydrogen-bond acceptors (Lipinski definition) is 5. The average molecular weight is 214 g/mol. The molecule has 0 amide bonds. The second-order valence-electron chi connectivity index (χ2n) is 2.51. The van der Waals surface area contributed by atoms with Crippen LogP contribution in [0.2, 0.25) is 0 Å². The highest BCUT2D eigenvalue weighted by Crippen LogP contribution is 2.11. The molecule has 0 aliphatic carbocycles. The molecular formula is C9H10O4S. The van der Waals surface area contributed by atoms with Gasteiger partial charge < -0.3 is 9.15 Å². The fraction of sp³-hybridized carbons (Fsp3) is 0.333. The van der Waals surface area contributed by atoms with Crippen molar-refractivity contribution in [1.29, 1.82) is 0 Å². The molecule has 0 aromatic carbocycles. The monoisotopic (exact) mass is 214 g/mol. The van der Waals surface area contributed by atoms with Crippen LogP contribution in [-0.2, 0) is 4.74 Å². The lowest BCUT2D eigenvalue weighted by Crippen LogP contribution is -2.01. The Labute approximate surface area is 85.6 Å². The summed E-state index contributed by atoms with van der Waals surface area (Å²) >= 11 is 1.40. The summed E-state index contributed by atoms with van der Waals surface area (Å²) in [5, 5.41) is 0. The molecule has 0 radical (unpaired) electrons. The predicted octanol–water partition coefficient (Wildman–Crippen LogP) is 1.61. The molecule has 1 aromatic rings. The van der Waals surface area contributed by atoms with Gasteiger partial charge in [0.1, 0.15) is 0 Å². The van der Waals surface area contributed by atoms with E-state index in [0.29, 0.717) is 5.75 Å². The maximum atomic E-state index is 11.3. The summed E-state index contributed by atoms with van der Waals surface area (Å²) in [6.07, 6.45) is 1.82. The van der Waals surface area contributed by atoms with E-state index < -0.39 is 5.97 Å².